The number of ketones is 1. The molecule has 0 unspecified atom stereocenters. The van der Waals surface area contributed by atoms with Gasteiger partial charge >= 0.3 is 0 Å². The van der Waals surface area contributed by atoms with Crippen molar-refractivity contribution in [3.05, 3.63) is 74.5 Å². The summed E-state index contributed by atoms with van der Waals surface area (Å²) >= 11 is 8.13. The Morgan fingerprint density at radius 1 is 1.10 bits per heavy atom. The number of hydrogen-bond donors (Lipinski definition) is 0. The number of nitrogens with zero attached hydrogens (tertiary/aromatic N) is 1. The number of benzene rings is 2. The van der Waals surface area contributed by atoms with Gasteiger partial charge in [0, 0.05) is 40.0 Å². The highest BCUT2D eigenvalue weighted by molar-refractivity contribution is 14.1. The molecule has 2 nitrogen and oxygen atoms in total. The van der Waals surface area contributed by atoms with E-state index >= 15 is 0 Å². The lowest BCUT2D eigenvalue weighted by Gasteiger charge is -2.12. The second-order valence-electron chi connectivity index (χ2n) is 4.85. The van der Waals surface area contributed by atoms with Crippen LogP contribution in [0.1, 0.15) is 15.9 Å². The molecule has 0 aliphatic carbocycles. The predicted molar refractivity (Wildman–Crippen MR) is 96.6 cm³/mol. The zero-order valence-electron chi connectivity index (χ0n) is 11.8. The highest BCUT2D eigenvalue weighted by Crippen LogP contribution is 2.23. The highest BCUT2D eigenvalue weighted by Gasteiger charge is 2.15. The molecule has 0 aliphatic rings. The van der Waals surface area contributed by atoms with Crippen molar-refractivity contribution in [2.45, 2.75) is 0 Å². The molecule has 0 N–H and O–H groups in total. The van der Waals surface area contributed by atoms with Crippen LogP contribution in [-0.2, 0) is 0 Å². The number of carbonyl (C=O) groups excluding carboxylic acids is 1. The van der Waals surface area contributed by atoms with Crippen LogP contribution in [0, 0.1) is 3.57 Å². The number of allylic oxidation sites excluding steroid dienone is 1. The van der Waals surface area contributed by atoms with Crippen LogP contribution < -0.4 is 0 Å². The van der Waals surface area contributed by atoms with Crippen LogP contribution in [0.15, 0.2) is 54.7 Å². The predicted octanol–water partition coefficient (Wildman–Crippen LogP) is 4.73. The molecule has 0 aromatic heterocycles. The zero-order valence-corrected chi connectivity index (χ0v) is 14.7. The van der Waals surface area contributed by atoms with E-state index in [4.69, 9.17) is 11.6 Å². The van der Waals surface area contributed by atoms with Gasteiger partial charge in [-0.2, -0.15) is 0 Å². The summed E-state index contributed by atoms with van der Waals surface area (Å²) in [6.07, 6.45) is 1.85. The standard InChI is InChI=1S/C17H15ClINO/c1-20(2)11-16(13-4-3-5-15(19)10-13)17(21)12-6-8-14(18)9-7-12/h3-11H,1-2H3/b16-11+. The van der Waals surface area contributed by atoms with Gasteiger partial charge in [0.2, 0.25) is 0 Å². The van der Waals surface area contributed by atoms with Crippen molar-refractivity contribution in [2.24, 2.45) is 0 Å². The van der Waals surface area contributed by atoms with Crippen LogP contribution in [0.5, 0.6) is 0 Å². The Labute approximate surface area is 143 Å². The van der Waals surface area contributed by atoms with Gasteiger partial charge in [-0.1, -0.05) is 23.7 Å². The van der Waals surface area contributed by atoms with E-state index in [1.165, 1.54) is 0 Å². The Bertz CT molecular complexity index is 677. The van der Waals surface area contributed by atoms with Crippen molar-refractivity contribution in [1.29, 1.82) is 0 Å². The summed E-state index contributed by atoms with van der Waals surface area (Å²) in [5, 5.41) is 0.624. The van der Waals surface area contributed by atoms with E-state index in [1.54, 1.807) is 24.3 Å². The van der Waals surface area contributed by atoms with Crippen LogP contribution in [0.2, 0.25) is 5.02 Å². The maximum Gasteiger partial charge on any atom is 0.195 e. The molecule has 0 fully saturated rings. The minimum atomic E-state index is -0.0117. The van der Waals surface area contributed by atoms with Gasteiger partial charge < -0.3 is 4.90 Å². The molecule has 0 saturated heterocycles. The largest absolute Gasteiger partial charge is 0.383 e. The zero-order chi connectivity index (χ0) is 15.4. The van der Waals surface area contributed by atoms with Gasteiger partial charge in [-0.25, -0.2) is 0 Å². The molecule has 0 amide bonds. The van der Waals surface area contributed by atoms with Gasteiger partial charge in [0.1, 0.15) is 0 Å². The maximum absolute atomic E-state index is 12.8. The van der Waals surface area contributed by atoms with Crippen molar-refractivity contribution < 1.29 is 4.79 Å². The molecule has 2 rings (SSSR count). The number of rotatable bonds is 4. The molecule has 0 heterocycles. The van der Waals surface area contributed by atoms with Crippen LogP contribution >= 0.6 is 34.2 Å². The summed E-state index contributed by atoms with van der Waals surface area (Å²) in [6, 6.07) is 14.9. The van der Waals surface area contributed by atoms with Crippen LogP contribution in [0.4, 0.5) is 0 Å². The van der Waals surface area contributed by atoms with Crippen LogP contribution in [-0.4, -0.2) is 24.8 Å². The summed E-state index contributed by atoms with van der Waals surface area (Å²) in [4.78, 5) is 14.6. The second kappa shape index (κ2) is 7.09. The summed E-state index contributed by atoms with van der Waals surface area (Å²) in [5.41, 5.74) is 2.21. The normalized spacial score (nSPS) is 11.3. The molecule has 0 radical (unpaired) electrons. The Hall–Kier alpha value is -1.33. The monoisotopic (exact) mass is 411 g/mol. The molecular weight excluding hydrogens is 397 g/mol. The van der Waals surface area contributed by atoms with Gasteiger partial charge in [-0.05, 0) is 64.6 Å². The number of Topliss-reactive ketones (excluding diaryl/α,β-unsaturated/α-hetero) is 1. The lowest BCUT2D eigenvalue weighted by molar-refractivity contribution is 0.105. The third-order valence-electron chi connectivity index (χ3n) is 2.87. The third kappa shape index (κ3) is 4.32. The van der Waals surface area contributed by atoms with Gasteiger partial charge in [-0.15, -0.1) is 0 Å². The average Bonchev–Trinajstić information content (AvgIpc) is 2.44. The minimum Gasteiger partial charge on any atom is -0.383 e. The molecule has 0 bridgehead atoms. The van der Waals surface area contributed by atoms with Gasteiger partial charge in [-0.3, -0.25) is 4.79 Å². The molecule has 4 heteroatoms. The van der Waals surface area contributed by atoms with Crippen molar-refractivity contribution in [3.63, 3.8) is 0 Å². The molecule has 21 heavy (non-hydrogen) atoms. The Balaban J connectivity index is 2.46. The smallest absolute Gasteiger partial charge is 0.195 e. The van der Waals surface area contributed by atoms with Crippen LogP contribution in [0.25, 0.3) is 5.57 Å². The molecule has 0 atom stereocenters. The van der Waals surface area contributed by atoms with Crippen molar-refractivity contribution >= 4 is 45.5 Å². The van der Waals surface area contributed by atoms with Gasteiger partial charge in [0.25, 0.3) is 0 Å². The Morgan fingerprint density at radius 3 is 2.33 bits per heavy atom. The van der Waals surface area contributed by atoms with E-state index in [0.29, 0.717) is 16.2 Å². The number of halogens is 2. The van der Waals surface area contributed by atoms with E-state index < -0.39 is 0 Å². The van der Waals surface area contributed by atoms with E-state index in [1.807, 2.05) is 49.5 Å². The van der Waals surface area contributed by atoms with Crippen molar-refractivity contribution in [2.75, 3.05) is 14.1 Å². The molecule has 0 spiro atoms. The highest BCUT2D eigenvalue weighted by atomic mass is 127. The topological polar surface area (TPSA) is 20.3 Å². The first kappa shape index (κ1) is 16.0. The molecule has 2 aromatic rings. The van der Waals surface area contributed by atoms with E-state index in [-0.39, 0.29) is 5.78 Å². The first-order chi connectivity index (χ1) is 9.97. The summed E-state index contributed by atoms with van der Waals surface area (Å²) < 4.78 is 1.10. The molecule has 0 saturated carbocycles. The van der Waals surface area contributed by atoms with E-state index in [9.17, 15) is 4.79 Å². The first-order valence-corrected chi connectivity index (χ1v) is 7.87. The number of carbonyl (C=O) groups is 1. The van der Waals surface area contributed by atoms with Gasteiger partial charge in [0.05, 0.1) is 0 Å². The lowest BCUT2D eigenvalue weighted by Crippen LogP contribution is -2.09. The molecule has 2 aromatic carbocycles. The fourth-order valence-electron chi connectivity index (χ4n) is 1.94. The molecular formula is C17H15ClINO. The van der Waals surface area contributed by atoms with E-state index in [0.717, 1.165) is 9.13 Å². The Morgan fingerprint density at radius 2 is 1.76 bits per heavy atom. The maximum atomic E-state index is 12.8. The summed E-state index contributed by atoms with van der Waals surface area (Å²) in [5.74, 6) is -0.0117. The first-order valence-electron chi connectivity index (χ1n) is 6.42. The van der Waals surface area contributed by atoms with Crippen molar-refractivity contribution in [1.82, 2.24) is 4.90 Å². The molecule has 0 aliphatic heterocycles. The second-order valence-corrected chi connectivity index (χ2v) is 6.53. The SMILES string of the molecule is CN(C)/C=C(/C(=O)c1ccc(Cl)cc1)c1cccc(I)c1. The molecule has 108 valence electrons. The minimum absolute atomic E-state index is 0.0117. The van der Waals surface area contributed by atoms with Crippen molar-refractivity contribution in [3.8, 4) is 0 Å². The Kier molecular flexibility index (Phi) is 5.42. The fourth-order valence-corrected chi connectivity index (χ4v) is 2.60. The van der Waals surface area contributed by atoms with E-state index in [2.05, 4.69) is 22.6 Å². The summed E-state index contributed by atoms with van der Waals surface area (Å²) in [6.45, 7) is 0. The number of hydrogen-bond acceptors (Lipinski definition) is 2. The lowest BCUT2D eigenvalue weighted by atomic mass is 9.97. The third-order valence-corrected chi connectivity index (χ3v) is 3.80. The van der Waals surface area contributed by atoms with Crippen LogP contribution in [0.3, 0.4) is 0 Å². The summed E-state index contributed by atoms with van der Waals surface area (Å²) in [7, 11) is 3.81. The van der Waals surface area contributed by atoms with Gasteiger partial charge in [0.15, 0.2) is 5.78 Å². The average molecular weight is 412 g/mol. The fraction of sp³-hybridized carbons (Fsp3) is 0.118. The quantitative estimate of drug-likeness (QED) is 0.412.